The van der Waals surface area contributed by atoms with Crippen molar-refractivity contribution in [2.75, 3.05) is 6.61 Å². The Bertz CT molecular complexity index is 556. The lowest BCUT2D eigenvalue weighted by molar-refractivity contribution is -0.0508. The van der Waals surface area contributed by atoms with Crippen molar-refractivity contribution < 1.29 is 20.1 Å². The van der Waals surface area contributed by atoms with E-state index in [1.54, 1.807) is 17.0 Å². The number of fused-ring (bicyclic) bond motifs is 1. The Morgan fingerprint density at radius 2 is 2.11 bits per heavy atom. The molecule has 0 aromatic carbocycles. The molecule has 96 valence electrons. The van der Waals surface area contributed by atoms with Crippen LogP contribution in [0, 0.1) is 0 Å². The molecule has 0 spiro atoms. The summed E-state index contributed by atoms with van der Waals surface area (Å²) in [6.45, 7) is -0.332. The van der Waals surface area contributed by atoms with Gasteiger partial charge in [-0.3, -0.25) is 0 Å². The van der Waals surface area contributed by atoms with Crippen molar-refractivity contribution in [1.82, 2.24) is 9.55 Å². The summed E-state index contributed by atoms with van der Waals surface area (Å²) in [5.74, 6) is 0. The van der Waals surface area contributed by atoms with Gasteiger partial charge in [-0.25, -0.2) is 4.98 Å². The normalized spacial score (nSPS) is 32.2. The van der Waals surface area contributed by atoms with Crippen molar-refractivity contribution in [2.45, 2.75) is 24.5 Å². The topological polar surface area (TPSA) is 87.7 Å². The van der Waals surface area contributed by atoms with Gasteiger partial charge in [0.25, 0.3) is 0 Å². The standard InChI is InChI=1S/C12H14N2O4/c15-6-8-9(16)10(17)12(18-8)14-5-3-7-2-1-4-13-11(7)14/h1-5,8-10,12,15-17H,6H2. The second-order valence-electron chi connectivity index (χ2n) is 4.37. The van der Waals surface area contributed by atoms with Gasteiger partial charge < -0.3 is 24.6 Å². The third-order valence-electron chi connectivity index (χ3n) is 3.27. The van der Waals surface area contributed by atoms with Crippen LogP contribution in [0.4, 0.5) is 0 Å². The SMILES string of the molecule is OCC1OC(n2ccc3cccnc32)C(O)C1O. The summed E-state index contributed by atoms with van der Waals surface area (Å²) in [5, 5.41) is 29.7. The minimum Gasteiger partial charge on any atom is -0.394 e. The van der Waals surface area contributed by atoms with Crippen molar-refractivity contribution in [2.24, 2.45) is 0 Å². The van der Waals surface area contributed by atoms with E-state index in [0.717, 1.165) is 5.39 Å². The molecule has 3 rings (SSSR count). The van der Waals surface area contributed by atoms with Crippen LogP contribution in [-0.2, 0) is 4.74 Å². The molecular formula is C12H14N2O4. The van der Waals surface area contributed by atoms with E-state index in [9.17, 15) is 10.2 Å². The van der Waals surface area contributed by atoms with Gasteiger partial charge in [-0.2, -0.15) is 0 Å². The first-order chi connectivity index (χ1) is 8.72. The number of hydrogen-bond acceptors (Lipinski definition) is 5. The van der Waals surface area contributed by atoms with Gasteiger partial charge in [0.15, 0.2) is 6.23 Å². The van der Waals surface area contributed by atoms with E-state index in [2.05, 4.69) is 4.98 Å². The van der Waals surface area contributed by atoms with Crippen LogP contribution in [0.25, 0.3) is 11.0 Å². The number of ether oxygens (including phenoxy) is 1. The molecular weight excluding hydrogens is 236 g/mol. The first-order valence-electron chi connectivity index (χ1n) is 5.76. The van der Waals surface area contributed by atoms with Gasteiger partial charge in [-0.1, -0.05) is 0 Å². The molecule has 1 aliphatic heterocycles. The largest absolute Gasteiger partial charge is 0.394 e. The molecule has 1 saturated heterocycles. The molecule has 0 aliphatic carbocycles. The van der Waals surface area contributed by atoms with Crippen molar-refractivity contribution in [3.63, 3.8) is 0 Å². The summed E-state index contributed by atoms with van der Waals surface area (Å²) >= 11 is 0. The first kappa shape index (κ1) is 11.6. The number of aliphatic hydroxyl groups excluding tert-OH is 3. The summed E-state index contributed by atoms with van der Waals surface area (Å²) < 4.78 is 7.13. The van der Waals surface area contributed by atoms with Gasteiger partial charge in [-0.15, -0.1) is 0 Å². The summed E-state index contributed by atoms with van der Waals surface area (Å²) in [6, 6.07) is 5.58. The average Bonchev–Trinajstić information content (AvgIpc) is 2.93. The fraction of sp³-hybridized carbons (Fsp3) is 0.417. The maximum Gasteiger partial charge on any atom is 0.164 e. The molecule has 18 heavy (non-hydrogen) atoms. The van der Waals surface area contributed by atoms with Gasteiger partial charge in [-0.05, 0) is 18.2 Å². The first-order valence-corrected chi connectivity index (χ1v) is 5.76. The van der Waals surface area contributed by atoms with E-state index in [4.69, 9.17) is 9.84 Å². The lowest BCUT2D eigenvalue weighted by atomic mass is 10.1. The Balaban J connectivity index is 2.00. The highest BCUT2D eigenvalue weighted by Crippen LogP contribution is 2.31. The molecule has 1 aliphatic rings. The molecule has 3 N–H and O–H groups in total. The number of hydrogen-bond donors (Lipinski definition) is 3. The number of aromatic nitrogens is 2. The van der Waals surface area contributed by atoms with Gasteiger partial charge in [0.2, 0.25) is 0 Å². The van der Waals surface area contributed by atoms with E-state index in [0.29, 0.717) is 5.65 Å². The summed E-state index contributed by atoms with van der Waals surface area (Å²) in [6.07, 6.45) is -0.283. The second-order valence-corrected chi connectivity index (χ2v) is 4.37. The number of nitrogens with zero attached hydrogens (tertiary/aromatic N) is 2. The quantitative estimate of drug-likeness (QED) is 0.678. The Labute approximate surface area is 103 Å². The van der Waals surface area contributed by atoms with E-state index in [1.807, 2.05) is 18.2 Å². The van der Waals surface area contributed by atoms with Gasteiger partial charge >= 0.3 is 0 Å². The Morgan fingerprint density at radius 1 is 1.28 bits per heavy atom. The molecule has 0 saturated carbocycles. The van der Waals surface area contributed by atoms with Crippen LogP contribution < -0.4 is 0 Å². The molecule has 4 unspecified atom stereocenters. The van der Waals surface area contributed by atoms with Crippen molar-refractivity contribution >= 4 is 11.0 Å². The third-order valence-corrected chi connectivity index (χ3v) is 3.27. The van der Waals surface area contributed by atoms with Gasteiger partial charge in [0.05, 0.1) is 6.61 Å². The van der Waals surface area contributed by atoms with Crippen molar-refractivity contribution in [3.8, 4) is 0 Å². The minimum atomic E-state index is -1.10. The molecule has 4 atom stereocenters. The molecule has 1 fully saturated rings. The number of pyridine rings is 1. The van der Waals surface area contributed by atoms with Crippen LogP contribution in [0.1, 0.15) is 6.23 Å². The summed E-state index contributed by atoms with van der Waals surface area (Å²) in [5.41, 5.74) is 0.673. The zero-order valence-electron chi connectivity index (χ0n) is 9.55. The van der Waals surface area contributed by atoms with Crippen LogP contribution in [0.3, 0.4) is 0 Å². The average molecular weight is 250 g/mol. The van der Waals surface area contributed by atoms with Crippen LogP contribution in [0.15, 0.2) is 30.6 Å². The van der Waals surface area contributed by atoms with Crippen molar-refractivity contribution in [3.05, 3.63) is 30.6 Å². The number of rotatable bonds is 2. The maximum atomic E-state index is 9.96. The molecule has 2 aromatic heterocycles. The highest BCUT2D eigenvalue weighted by Gasteiger charge is 2.43. The Morgan fingerprint density at radius 3 is 2.83 bits per heavy atom. The van der Waals surface area contributed by atoms with E-state index >= 15 is 0 Å². The van der Waals surface area contributed by atoms with Crippen LogP contribution in [-0.4, -0.2) is 49.8 Å². The van der Waals surface area contributed by atoms with Crippen molar-refractivity contribution in [1.29, 1.82) is 0 Å². The predicted molar refractivity (Wildman–Crippen MR) is 62.7 cm³/mol. The summed E-state index contributed by atoms with van der Waals surface area (Å²) in [4.78, 5) is 4.22. The monoisotopic (exact) mass is 250 g/mol. The highest BCUT2D eigenvalue weighted by molar-refractivity contribution is 5.75. The van der Waals surface area contributed by atoms with Gasteiger partial charge in [0.1, 0.15) is 24.0 Å². The number of aliphatic hydroxyl groups is 3. The highest BCUT2D eigenvalue weighted by atomic mass is 16.6. The molecule has 2 aromatic rings. The lowest BCUT2D eigenvalue weighted by Gasteiger charge is -2.17. The second kappa shape index (κ2) is 4.33. The molecule has 6 nitrogen and oxygen atoms in total. The molecule has 6 heteroatoms. The molecule has 0 bridgehead atoms. The predicted octanol–water partition coefficient (Wildman–Crippen LogP) is -0.352. The van der Waals surface area contributed by atoms with Crippen LogP contribution >= 0.6 is 0 Å². The summed E-state index contributed by atoms with van der Waals surface area (Å²) in [7, 11) is 0. The molecule has 3 heterocycles. The zero-order chi connectivity index (χ0) is 12.7. The molecule has 0 amide bonds. The molecule has 0 radical (unpaired) electrons. The third kappa shape index (κ3) is 1.62. The fourth-order valence-corrected chi connectivity index (χ4v) is 2.30. The Hall–Kier alpha value is -1.47. The minimum absolute atomic E-state index is 0.332. The van der Waals surface area contributed by atoms with E-state index in [1.165, 1.54) is 0 Å². The lowest BCUT2D eigenvalue weighted by Crippen LogP contribution is -2.33. The fourth-order valence-electron chi connectivity index (χ4n) is 2.30. The van der Waals surface area contributed by atoms with Crippen LogP contribution in [0.5, 0.6) is 0 Å². The smallest absolute Gasteiger partial charge is 0.164 e. The maximum absolute atomic E-state index is 9.96. The van der Waals surface area contributed by atoms with Gasteiger partial charge in [0, 0.05) is 17.8 Å². The Kier molecular flexibility index (Phi) is 2.79. The van der Waals surface area contributed by atoms with E-state index < -0.39 is 24.5 Å². The zero-order valence-corrected chi connectivity index (χ0v) is 9.55. The van der Waals surface area contributed by atoms with Crippen LogP contribution in [0.2, 0.25) is 0 Å². The van der Waals surface area contributed by atoms with E-state index in [-0.39, 0.29) is 6.61 Å².